The molecule has 0 radical (unpaired) electrons. The molecule has 76 valence electrons. The Morgan fingerprint density at radius 1 is 1.29 bits per heavy atom. The number of para-hydroxylation sites is 1. The van der Waals surface area contributed by atoms with Crippen molar-refractivity contribution < 1.29 is 5.11 Å². The predicted molar refractivity (Wildman–Crippen MR) is 61.4 cm³/mol. The Balaban J connectivity index is 2.07. The van der Waals surface area contributed by atoms with Crippen LogP contribution in [0, 0.1) is 0 Å². The van der Waals surface area contributed by atoms with E-state index in [-0.39, 0.29) is 12.1 Å². The molecule has 1 aliphatic rings. The summed E-state index contributed by atoms with van der Waals surface area (Å²) in [6, 6.07) is 8.22. The van der Waals surface area contributed by atoms with Crippen LogP contribution in [0.25, 0.3) is 0 Å². The molecule has 0 aliphatic heterocycles. The minimum Gasteiger partial charge on any atom is -0.391 e. The molecule has 0 unspecified atom stereocenters. The Morgan fingerprint density at radius 3 is 2.71 bits per heavy atom. The number of aliphatic hydroxyl groups is 1. The van der Waals surface area contributed by atoms with E-state index in [1.807, 2.05) is 24.3 Å². The van der Waals surface area contributed by atoms with Crippen LogP contribution in [-0.2, 0) is 0 Å². The zero-order valence-corrected chi connectivity index (χ0v) is 9.50. The highest BCUT2D eigenvalue weighted by atomic mass is 79.9. The number of rotatable bonds is 2. The van der Waals surface area contributed by atoms with Crippen LogP contribution in [0.2, 0.25) is 0 Å². The molecule has 3 heteroatoms. The van der Waals surface area contributed by atoms with Crippen molar-refractivity contribution >= 4 is 21.6 Å². The second kappa shape index (κ2) is 4.32. The van der Waals surface area contributed by atoms with Crippen LogP contribution in [0.15, 0.2) is 28.7 Å². The number of hydrogen-bond acceptors (Lipinski definition) is 2. The van der Waals surface area contributed by atoms with Gasteiger partial charge in [0, 0.05) is 10.2 Å². The average Bonchev–Trinajstić information content (AvgIpc) is 2.56. The summed E-state index contributed by atoms with van der Waals surface area (Å²) >= 11 is 3.48. The third kappa shape index (κ3) is 2.10. The molecule has 1 aromatic carbocycles. The molecule has 0 saturated heterocycles. The first-order valence-corrected chi connectivity index (χ1v) is 5.76. The van der Waals surface area contributed by atoms with E-state index < -0.39 is 0 Å². The first-order valence-electron chi connectivity index (χ1n) is 4.96. The average molecular weight is 256 g/mol. The van der Waals surface area contributed by atoms with Crippen molar-refractivity contribution in [1.29, 1.82) is 0 Å². The lowest BCUT2D eigenvalue weighted by molar-refractivity contribution is 0.172. The SMILES string of the molecule is O[C@H]1CCC[C@@H]1Nc1ccccc1Br. The van der Waals surface area contributed by atoms with E-state index in [4.69, 9.17) is 0 Å². The number of aliphatic hydroxyl groups excluding tert-OH is 1. The molecule has 0 aromatic heterocycles. The van der Waals surface area contributed by atoms with Crippen LogP contribution in [-0.4, -0.2) is 17.3 Å². The van der Waals surface area contributed by atoms with Crippen molar-refractivity contribution in [1.82, 2.24) is 0 Å². The maximum Gasteiger partial charge on any atom is 0.0741 e. The van der Waals surface area contributed by atoms with Gasteiger partial charge in [0.2, 0.25) is 0 Å². The van der Waals surface area contributed by atoms with Crippen LogP contribution in [0.5, 0.6) is 0 Å². The van der Waals surface area contributed by atoms with Gasteiger partial charge >= 0.3 is 0 Å². The van der Waals surface area contributed by atoms with Crippen LogP contribution in [0.1, 0.15) is 19.3 Å². The van der Waals surface area contributed by atoms with Gasteiger partial charge in [0.05, 0.1) is 12.1 Å². The normalized spacial score (nSPS) is 26.4. The molecule has 1 fully saturated rings. The summed E-state index contributed by atoms with van der Waals surface area (Å²) in [5, 5.41) is 13.0. The van der Waals surface area contributed by atoms with Crippen LogP contribution < -0.4 is 5.32 Å². The third-order valence-corrected chi connectivity index (χ3v) is 3.39. The lowest BCUT2D eigenvalue weighted by atomic mass is 10.2. The van der Waals surface area contributed by atoms with Crippen molar-refractivity contribution in [2.75, 3.05) is 5.32 Å². The molecule has 0 amide bonds. The van der Waals surface area contributed by atoms with Crippen molar-refractivity contribution in [3.8, 4) is 0 Å². The molecular weight excluding hydrogens is 242 g/mol. The number of anilines is 1. The maximum absolute atomic E-state index is 9.66. The Labute approximate surface area is 92.5 Å². The predicted octanol–water partition coefficient (Wildman–Crippen LogP) is 2.77. The molecule has 1 saturated carbocycles. The van der Waals surface area contributed by atoms with Gasteiger partial charge in [-0.05, 0) is 47.3 Å². The van der Waals surface area contributed by atoms with Gasteiger partial charge in [-0.2, -0.15) is 0 Å². The van der Waals surface area contributed by atoms with E-state index in [0.717, 1.165) is 29.4 Å². The Kier molecular flexibility index (Phi) is 3.08. The van der Waals surface area contributed by atoms with Gasteiger partial charge in [-0.25, -0.2) is 0 Å². The Morgan fingerprint density at radius 2 is 2.07 bits per heavy atom. The monoisotopic (exact) mass is 255 g/mol. The highest BCUT2D eigenvalue weighted by Gasteiger charge is 2.25. The number of nitrogens with one attached hydrogen (secondary N) is 1. The number of benzene rings is 1. The fourth-order valence-corrected chi connectivity index (χ4v) is 2.29. The lowest BCUT2D eigenvalue weighted by Gasteiger charge is -2.18. The summed E-state index contributed by atoms with van der Waals surface area (Å²) in [7, 11) is 0. The maximum atomic E-state index is 9.66. The van der Waals surface area contributed by atoms with Crippen molar-refractivity contribution in [3.63, 3.8) is 0 Å². The lowest BCUT2D eigenvalue weighted by Crippen LogP contribution is -2.27. The summed E-state index contributed by atoms with van der Waals surface area (Å²) in [5.41, 5.74) is 1.07. The third-order valence-electron chi connectivity index (χ3n) is 2.69. The summed E-state index contributed by atoms with van der Waals surface area (Å²) in [6.45, 7) is 0. The van der Waals surface area contributed by atoms with E-state index in [2.05, 4.69) is 21.2 Å². The van der Waals surface area contributed by atoms with Gasteiger partial charge in [0.1, 0.15) is 0 Å². The van der Waals surface area contributed by atoms with Crippen molar-refractivity contribution in [2.24, 2.45) is 0 Å². The topological polar surface area (TPSA) is 32.3 Å². The summed E-state index contributed by atoms with van der Waals surface area (Å²) in [6.07, 6.45) is 2.90. The van der Waals surface area contributed by atoms with Gasteiger partial charge < -0.3 is 10.4 Å². The van der Waals surface area contributed by atoms with E-state index in [0.29, 0.717) is 0 Å². The second-order valence-electron chi connectivity index (χ2n) is 3.73. The van der Waals surface area contributed by atoms with Crippen molar-refractivity contribution in [3.05, 3.63) is 28.7 Å². The van der Waals surface area contributed by atoms with Crippen LogP contribution >= 0.6 is 15.9 Å². The summed E-state index contributed by atoms with van der Waals surface area (Å²) < 4.78 is 1.05. The first-order chi connectivity index (χ1) is 6.77. The molecule has 0 bridgehead atoms. The minimum atomic E-state index is -0.192. The molecule has 0 heterocycles. The largest absolute Gasteiger partial charge is 0.391 e. The van der Waals surface area contributed by atoms with E-state index in [9.17, 15) is 5.11 Å². The zero-order chi connectivity index (χ0) is 9.97. The van der Waals surface area contributed by atoms with Gasteiger partial charge in [-0.1, -0.05) is 12.1 Å². The van der Waals surface area contributed by atoms with E-state index >= 15 is 0 Å². The fourth-order valence-electron chi connectivity index (χ4n) is 1.89. The number of hydrogen-bond donors (Lipinski definition) is 2. The highest BCUT2D eigenvalue weighted by Crippen LogP contribution is 2.27. The molecule has 0 spiro atoms. The van der Waals surface area contributed by atoms with Gasteiger partial charge in [0.25, 0.3) is 0 Å². The molecule has 1 aromatic rings. The molecular formula is C11H14BrNO. The Hall–Kier alpha value is -0.540. The smallest absolute Gasteiger partial charge is 0.0741 e. The highest BCUT2D eigenvalue weighted by molar-refractivity contribution is 9.10. The van der Waals surface area contributed by atoms with Gasteiger partial charge in [-0.15, -0.1) is 0 Å². The van der Waals surface area contributed by atoms with Crippen LogP contribution in [0.3, 0.4) is 0 Å². The van der Waals surface area contributed by atoms with Crippen LogP contribution in [0.4, 0.5) is 5.69 Å². The molecule has 1 aliphatic carbocycles. The number of halogens is 1. The summed E-state index contributed by atoms with van der Waals surface area (Å²) in [5.74, 6) is 0. The van der Waals surface area contributed by atoms with E-state index in [1.165, 1.54) is 0 Å². The van der Waals surface area contributed by atoms with E-state index in [1.54, 1.807) is 0 Å². The standard InChI is InChI=1S/C11H14BrNO/c12-8-4-1-2-5-9(8)13-10-6-3-7-11(10)14/h1-2,4-5,10-11,13-14H,3,6-7H2/t10-,11-/m0/s1. The minimum absolute atomic E-state index is 0.192. The van der Waals surface area contributed by atoms with Crippen molar-refractivity contribution in [2.45, 2.75) is 31.4 Å². The molecule has 14 heavy (non-hydrogen) atoms. The quantitative estimate of drug-likeness (QED) is 0.852. The fraction of sp³-hybridized carbons (Fsp3) is 0.455. The second-order valence-corrected chi connectivity index (χ2v) is 4.58. The van der Waals surface area contributed by atoms with Gasteiger partial charge in [-0.3, -0.25) is 0 Å². The Bertz CT molecular complexity index is 316. The molecule has 2 N–H and O–H groups in total. The molecule has 2 rings (SSSR count). The first kappa shape index (κ1) is 9.99. The molecule has 2 nitrogen and oxygen atoms in total. The summed E-state index contributed by atoms with van der Waals surface area (Å²) in [4.78, 5) is 0. The molecule has 2 atom stereocenters. The van der Waals surface area contributed by atoms with Gasteiger partial charge in [0.15, 0.2) is 0 Å². The zero-order valence-electron chi connectivity index (χ0n) is 7.91.